The number of aryl methyl sites for hydroxylation is 1. The number of benzene rings is 2. The van der Waals surface area contributed by atoms with E-state index >= 15 is 0 Å². The maximum absolute atomic E-state index is 13.9. The number of nitrogens with one attached hydrogen (secondary N) is 2. The van der Waals surface area contributed by atoms with Crippen molar-refractivity contribution in [2.45, 2.75) is 70.6 Å². The van der Waals surface area contributed by atoms with Crippen LogP contribution in [0.25, 0.3) is 0 Å². The van der Waals surface area contributed by atoms with Gasteiger partial charge in [0.2, 0.25) is 11.8 Å². The number of carbonyl (C=O) groups excluding carboxylic acids is 4. The van der Waals surface area contributed by atoms with Gasteiger partial charge in [-0.05, 0) is 49.7 Å². The van der Waals surface area contributed by atoms with Gasteiger partial charge in [-0.1, -0.05) is 74.5 Å². The van der Waals surface area contributed by atoms with Crippen molar-refractivity contribution in [2.24, 2.45) is 11.8 Å². The highest BCUT2D eigenvalue weighted by Crippen LogP contribution is 2.29. The van der Waals surface area contributed by atoms with Crippen LogP contribution in [-0.4, -0.2) is 85.4 Å². The van der Waals surface area contributed by atoms with Gasteiger partial charge in [0.1, 0.15) is 5.60 Å². The number of hydrogen-bond donors (Lipinski definition) is 2. The van der Waals surface area contributed by atoms with Crippen LogP contribution in [0.15, 0.2) is 60.7 Å². The van der Waals surface area contributed by atoms with E-state index in [2.05, 4.69) is 10.6 Å². The molecule has 0 saturated carbocycles. The molecule has 2 aromatic rings. The molecule has 0 aliphatic carbocycles. The second-order valence-corrected chi connectivity index (χ2v) is 12.7. The van der Waals surface area contributed by atoms with Crippen molar-refractivity contribution in [3.05, 3.63) is 71.8 Å². The molecule has 2 N–H and O–H groups in total. The number of ether oxygens (including phenoxy) is 2. The number of nitrogens with zero attached hydrogens (tertiary/aromatic N) is 1. The first-order valence-corrected chi connectivity index (χ1v) is 15.8. The third-order valence-electron chi connectivity index (χ3n) is 8.35. The summed E-state index contributed by atoms with van der Waals surface area (Å²) < 4.78 is 10.8. The molecule has 0 radical (unpaired) electrons. The van der Waals surface area contributed by atoms with Gasteiger partial charge >= 0.3 is 0 Å². The topological polar surface area (TPSA) is 117 Å². The van der Waals surface area contributed by atoms with Crippen LogP contribution in [0, 0.1) is 11.8 Å². The first kappa shape index (κ1) is 33.5. The van der Waals surface area contributed by atoms with Gasteiger partial charge in [0.15, 0.2) is 11.6 Å². The zero-order valence-corrected chi connectivity index (χ0v) is 26.3. The zero-order chi connectivity index (χ0) is 31.5. The summed E-state index contributed by atoms with van der Waals surface area (Å²) in [4.78, 5) is 56.1. The van der Waals surface area contributed by atoms with Crippen molar-refractivity contribution in [3.63, 3.8) is 0 Å². The number of morpholine rings is 1. The third-order valence-corrected chi connectivity index (χ3v) is 8.35. The van der Waals surface area contributed by atoms with Crippen molar-refractivity contribution in [2.75, 3.05) is 39.5 Å². The smallest absolute Gasteiger partial charge is 0.234 e. The predicted octanol–water partition coefficient (Wildman–Crippen LogP) is 3.14. The predicted molar refractivity (Wildman–Crippen MR) is 168 cm³/mol. The van der Waals surface area contributed by atoms with E-state index in [1.165, 1.54) is 0 Å². The molecule has 9 nitrogen and oxygen atoms in total. The summed E-state index contributed by atoms with van der Waals surface area (Å²) in [6, 6.07) is 17.9. The molecule has 2 fully saturated rings. The fourth-order valence-corrected chi connectivity index (χ4v) is 5.68. The Hall–Kier alpha value is -3.40. The Morgan fingerprint density at radius 2 is 1.50 bits per heavy atom. The molecule has 9 heteroatoms. The monoisotopic (exact) mass is 605 g/mol. The highest BCUT2D eigenvalue weighted by molar-refractivity contribution is 5.98. The van der Waals surface area contributed by atoms with Crippen molar-refractivity contribution in [1.82, 2.24) is 15.5 Å². The summed E-state index contributed by atoms with van der Waals surface area (Å²) in [5, 5.41) is 5.97. The molecular weight excluding hydrogens is 558 g/mol. The normalized spacial score (nSPS) is 20.4. The first-order valence-electron chi connectivity index (χ1n) is 15.8. The summed E-state index contributed by atoms with van der Waals surface area (Å²) in [5.74, 6) is -1.39. The first-order chi connectivity index (χ1) is 21.1. The molecule has 0 bridgehead atoms. The molecule has 0 aromatic heterocycles. The van der Waals surface area contributed by atoms with Gasteiger partial charge in [-0.2, -0.15) is 0 Å². The highest BCUT2D eigenvalue weighted by atomic mass is 16.6. The Balaban J connectivity index is 1.46. The fraction of sp³-hybridized carbons (Fsp3) is 0.543. The molecule has 44 heavy (non-hydrogen) atoms. The molecule has 238 valence electrons. The average molecular weight is 606 g/mol. The maximum Gasteiger partial charge on any atom is 0.234 e. The van der Waals surface area contributed by atoms with Crippen LogP contribution in [0.2, 0.25) is 0 Å². The number of Topliss-reactive ketones (excluding diaryl/α,β-unsaturated/α-hetero) is 2. The van der Waals surface area contributed by atoms with Crippen molar-refractivity contribution in [3.8, 4) is 0 Å². The lowest BCUT2D eigenvalue weighted by Crippen LogP contribution is -2.51. The lowest BCUT2D eigenvalue weighted by molar-refractivity contribution is -0.135. The van der Waals surface area contributed by atoms with Gasteiger partial charge < -0.3 is 20.1 Å². The fourth-order valence-electron chi connectivity index (χ4n) is 5.68. The number of amides is 2. The van der Waals surface area contributed by atoms with Crippen molar-refractivity contribution in [1.29, 1.82) is 0 Å². The molecule has 2 aliphatic heterocycles. The Morgan fingerprint density at radius 3 is 2.09 bits per heavy atom. The van der Waals surface area contributed by atoms with Gasteiger partial charge in [-0.25, -0.2) is 0 Å². The van der Waals surface area contributed by atoms with Crippen LogP contribution >= 0.6 is 0 Å². The van der Waals surface area contributed by atoms with E-state index in [1.807, 2.05) is 79.4 Å². The minimum absolute atomic E-state index is 0.0265. The second kappa shape index (κ2) is 16.1. The van der Waals surface area contributed by atoms with Crippen LogP contribution in [0.4, 0.5) is 0 Å². The van der Waals surface area contributed by atoms with E-state index in [4.69, 9.17) is 9.47 Å². The third kappa shape index (κ3) is 10.4. The minimum atomic E-state index is -0.899. The molecule has 2 aromatic carbocycles. The Labute approximate surface area is 261 Å². The van der Waals surface area contributed by atoms with Crippen LogP contribution in [0.5, 0.6) is 0 Å². The van der Waals surface area contributed by atoms with Gasteiger partial charge in [-0.15, -0.1) is 0 Å². The van der Waals surface area contributed by atoms with Crippen LogP contribution in [-0.2, 0) is 41.5 Å². The molecule has 2 amide bonds. The van der Waals surface area contributed by atoms with E-state index in [0.717, 1.165) is 11.1 Å². The molecule has 0 spiro atoms. The number of ketones is 2. The Kier molecular flexibility index (Phi) is 12.2. The van der Waals surface area contributed by atoms with E-state index in [-0.39, 0.29) is 42.3 Å². The van der Waals surface area contributed by atoms with Gasteiger partial charge in [0, 0.05) is 25.4 Å². The summed E-state index contributed by atoms with van der Waals surface area (Å²) in [6.45, 7) is 8.77. The quantitative estimate of drug-likeness (QED) is 0.266. The lowest BCUT2D eigenvalue weighted by atomic mass is 9.87. The van der Waals surface area contributed by atoms with E-state index < -0.39 is 23.6 Å². The standard InChI is InChI=1S/C35H47N3O6/c1-25(2)20-28(34(42)37-30(33(41)35(3)24-44-35)21-27-12-8-5-9-13-27)22-31(39)29(15-14-26-10-6-4-7-11-26)36-32(40)23-38-16-18-43-19-17-38/h4-13,25,28-30H,14-24H2,1-3H3,(H,36,40)(H,37,42). The van der Waals surface area contributed by atoms with Gasteiger partial charge in [-0.3, -0.25) is 24.1 Å². The molecule has 2 saturated heterocycles. The number of rotatable bonds is 17. The van der Waals surface area contributed by atoms with Gasteiger partial charge in [0.05, 0.1) is 38.4 Å². The molecule has 2 heterocycles. The Morgan fingerprint density at radius 1 is 0.886 bits per heavy atom. The zero-order valence-electron chi connectivity index (χ0n) is 26.3. The summed E-state index contributed by atoms with van der Waals surface area (Å²) >= 11 is 0. The molecular formula is C35H47N3O6. The molecule has 2 aliphatic rings. The van der Waals surface area contributed by atoms with E-state index in [0.29, 0.717) is 58.6 Å². The summed E-state index contributed by atoms with van der Waals surface area (Å²) in [7, 11) is 0. The molecule has 4 rings (SSSR count). The van der Waals surface area contributed by atoms with Gasteiger partial charge in [0.25, 0.3) is 0 Å². The molecule has 4 atom stereocenters. The number of epoxide rings is 1. The highest BCUT2D eigenvalue weighted by Gasteiger charge is 2.50. The van der Waals surface area contributed by atoms with E-state index in [9.17, 15) is 19.2 Å². The van der Waals surface area contributed by atoms with E-state index in [1.54, 1.807) is 6.92 Å². The SMILES string of the molecule is CC(C)CC(CC(=O)C(CCc1ccccc1)NC(=O)CN1CCOCC1)C(=O)NC(Cc1ccccc1)C(=O)C1(C)CO1. The lowest BCUT2D eigenvalue weighted by Gasteiger charge is -2.28. The number of hydrogen-bond acceptors (Lipinski definition) is 7. The largest absolute Gasteiger partial charge is 0.379 e. The average Bonchev–Trinajstić information content (AvgIpc) is 3.77. The maximum atomic E-state index is 13.9. The summed E-state index contributed by atoms with van der Waals surface area (Å²) in [5.41, 5.74) is 1.10. The Bertz CT molecular complexity index is 1240. The second-order valence-electron chi connectivity index (χ2n) is 12.7. The van der Waals surface area contributed by atoms with Crippen molar-refractivity contribution < 1.29 is 28.7 Å². The van der Waals surface area contributed by atoms with Crippen LogP contribution in [0.3, 0.4) is 0 Å². The number of carbonyl (C=O) groups is 4. The van der Waals surface area contributed by atoms with Crippen LogP contribution in [0.1, 0.15) is 51.2 Å². The molecule has 4 unspecified atom stereocenters. The van der Waals surface area contributed by atoms with Crippen molar-refractivity contribution >= 4 is 23.4 Å². The minimum Gasteiger partial charge on any atom is -0.379 e. The summed E-state index contributed by atoms with van der Waals surface area (Å²) in [6.07, 6.45) is 1.83. The van der Waals surface area contributed by atoms with Crippen LogP contribution < -0.4 is 10.6 Å².